The molecule has 82 valence electrons. The van der Waals surface area contributed by atoms with Crippen LogP contribution < -0.4 is 0 Å². The number of carbonyl (C=O) groups is 1. The number of carboxylic acid groups (broad SMARTS) is 1. The first-order valence-electron chi connectivity index (χ1n) is 5.19. The zero-order valence-electron chi connectivity index (χ0n) is 9.25. The summed E-state index contributed by atoms with van der Waals surface area (Å²) in [5, 5.41) is 8.75. The number of rotatable bonds is 3. The molecule has 0 bridgehead atoms. The Hall–Kier alpha value is -0.570. The Morgan fingerprint density at radius 2 is 2.21 bits per heavy atom. The zero-order chi connectivity index (χ0) is 10.8. The van der Waals surface area contributed by atoms with Crippen molar-refractivity contribution in [2.75, 3.05) is 7.11 Å². The Morgan fingerprint density at radius 3 is 2.71 bits per heavy atom. The summed E-state index contributed by atoms with van der Waals surface area (Å²) in [4.78, 5) is 10.6. The molecule has 14 heavy (non-hydrogen) atoms. The van der Waals surface area contributed by atoms with Crippen LogP contribution in [0.3, 0.4) is 0 Å². The van der Waals surface area contributed by atoms with E-state index in [0.717, 1.165) is 19.3 Å². The van der Waals surface area contributed by atoms with Gasteiger partial charge in [0, 0.05) is 7.11 Å². The molecule has 0 radical (unpaired) electrons. The summed E-state index contributed by atoms with van der Waals surface area (Å²) in [6.07, 6.45) is 3.41. The minimum absolute atomic E-state index is 0.120. The molecule has 0 heterocycles. The lowest BCUT2D eigenvalue weighted by atomic mass is 9.70. The largest absolute Gasteiger partial charge is 0.481 e. The maximum atomic E-state index is 10.6. The van der Waals surface area contributed by atoms with Crippen molar-refractivity contribution in [1.29, 1.82) is 0 Å². The average Bonchev–Trinajstić information content (AvgIpc) is 2.07. The van der Waals surface area contributed by atoms with Crippen molar-refractivity contribution in [2.24, 2.45) is 11.3 Å². The van der Waals surface area contributed by atoms with E-state index in [1.54, 1.807) is 7.11 Å². The maximum absolute atomic E-state index is 10.6. The van der Waals surface area contributed by atoms with Gasteiger partial charge in [-0.3, -0.25) is 4.79 Å². The Kier molecular flexibility index (Phi) is 3.53. The van der Waals surface area contributed by atoms with Crippen LogP contribution in [0.25, 0.3) is 0 Å². The third-order valence-electron chi connectivity index (χ3n) is 3.21. The molecule has 2 atom stereocenters. The SMILES string of the molecule is COC1CC(C)(C)CCC1CC(=O)O. The molecule has 0 aromatic heterocycles. The molecule has 1 aliphatic rings. The fraction of sp³-hybridized carbons (Fsp3) is 0.909. The molecule has 2 unspecified atom stereocenters. The highest BCUT2D eigenvalue weighted by Gasteiger charge is 2.35. The summed E-state index contributed by atoms with van der Waals surface area (Å²) in [5.74, 6) is -0.512. The highest BCUT2D eigenvalue weighted by Crippen LogP contribution is 2.40. The first kappa shape index (κ1) is 11.5. The van der Waals surface area contributed by atoms with E-state index in [-0.39, 0.29) is 18.4 Å². The number of methoxy groups -OCH3 is 1. The second-order valence-corrected chi connectivity index (χ2v) is 5.04. The van der Waals surface area contributed by atoms with Crippen molar-refractivity contribution < 1.29 is 14.6 Å². The van der Waals surface area contributed by atoms with Gasteiger partial charge in [-0.15, -0.1) is 0 Å². The Morgan fingerprint density at radius 1 is 1.57 bits per heavy atom. The summed E-state index contributed by atoms with van der Waals surface area (Å²) < 4.78 is 5.38. The lowest BCUT2D eigenvalue weighted by molar-refractivity contribution is -0.140. The van der Waals surface area contributed by atoms with Crippen LogP contribution in [0.2, 0.25) is 0 Å². The molecule has 1 fully saturated rings. The standard InChI is InChI=1S/C11H20O3/c1-11(2)5-4-8(6-10(12)13)9(7-11)14-3/h8-9H,4-7H2,1-3H3,(H,12,13). The van der Waals surface area contributed by atoms with E-state index < -0.39 is 5.97 Å². The van der Waals surface area contributed by atoms with Crippen molar-refractivity contribution in [3.8, 4) is 0 Å². The van der Waals surface area contributed by atoms with E-state index in [4.69, 9.17) is 9.84 Å². The molecule has 0 aromatic rings. The number of hydrogen-bond donors (Lipinski definition) is 1. The van der Waals surface area contributed by atoms with Gasteiger partial charge in [0.2, 0.25) is 0 Å². The monoisotopic (exact) mass is 200 g/mol. The van der Waals surface area contributed by atoms with Crippen LogP contribution in [0, 0.1) is 11.3 Å². The van der Waals surface area contributed by atoms with Crippen LogP contribution in [-0.2, 0) is 9.53 Å². The molecular weight excluding hydrogens is 180 g/mol. The summed E-state index contributed by atoms with van der Waals surface area (Å²) >= 11 is 0. The van der Waals surface area contributed by atoms with Crippen molar-refractivity contribution in [1.82, 2.24) is 0 Å². The van der Waals surface area contributed by atoms with Gasteiger partial charge in [0.1, 0.15) is 0 Å². The van der Waals surface area contributed by atoms with E-state index in [0.29, 0.717) is 5.41 Å². The second kappa shape index (κ2) is 4.30. The van der Waals surface area contributed by atoms with Crippen LogP contribution in [0.1, 0.15) is 39.5 Å². The minimum atomic E-state index is -0.711. The molecular formula is C11H20O3. The Labute approximate surface area is 85.5 Å². The van der Waals surface area contributed by atoms with E-state index in [1.165, 1.54) is 0 Å². The first-order chi connectivity index (χ1) is 6.44. The van der Waals surface area contributed by atoms with Gasteiger partial charge < -0.3 is 9.84 Å². The molecule has 1 aliphatic carbocycles. The van der Waals surface area contributed by atoms with Gasteiger partial charge in [-0.25, -0.2) is 0 Å². The minimum Gasteiger partial charge on any atom is -0.481 e. The summed E-state index contributed by atoms with van der Waals surface area (Å²) in [6.45, 7) is 4.44. The van der Waals surface area contributed by atoms with Crippen LogP contribution in [-0.4, -0.2) is 24.3 Å². The van der Waals surface area contributed by atoms with Crippen LogP contribution in [0.4, 0.5) is 0 Å². The van der Waals surface area contributed by atoms with Crippen LogP contribution in [0.15, 0.2) is 0 Å². The number of aliphatic carboxylic acids is 1. The molecule has 0 aromatic carbocycles. The smallest absolute Gasteiger partial charge is 0.303 e. The van der Waals surface area contributed by atoms with Gasteiger partial charge in [0.25, 0.3) is 0 Å². The average molecular weight is 200 g/mol. The van der Waals surface area contributed by atoms with Crippen molar-refractivity contribution in [2.45, 2.75) is 45.6 Å². The van der Waals surface area contributed by atoms with Crippen LogP contribution >= 0.6 is 0 Å². The summed E-state index contributed by atoms with van der Waals surface area (Å²) in [6, 6.07) is 0. The molecule has 1 rings (SSSR count). The van der Waals surface area contributed by atoms with Gasteiger partial charge in [-0.1, -0.05) is 13.8 Å². The first-order valence-corrected chi connectivity index (χ1v) is 5.19. The topological polar surface area (TPSA) is 46.5 Å². The van der Waals surface area contributed by atoms with Gasteiger partial charge >= 0.3 is 5.97 Å². The fourth-order valence-electron chi connectivity index (χ4n) is 2.31. The lowest BCUT2D eigenvalue weighted by Crippen LogP contribution is -2.36. The van der Waals surface area contributed by atoms with E-state index in [2.05, 4.69) is 13.8 Å². The quantitative estimate of drug-likeness (QED) is 0.760. The normalized spacial score (nSPS) is 31.4. The highest BCUT2D eigenvalue weighted by atomic mass is 16.5. The summed E-state index contributed by atoms with van der Waals surface area (Å²) in [7, 11) is 1.68. The van der Waals surface area contributed by atoms with Crippen LogP contribution in [0.5, 0.6) is 0 Å². The lowest BCUT2D eigenvalue weighted by Gasteiger charge is -2.39. The van der Waals surface area contributed by atoms with E-state index >= 15 is 0 Å². The molecule has 1 N–H and O–H groups in total. The highest BCUT2D eigenvalue weighted by molar-refractivity contribution is 5.67. The predicted octanol–water partition coefficient (Wildman–Crippen LogP) is 2.30. The molecule has 0 spiro atoms. The molecule has 0 aliphatic heterocycles. The fourth-order valence-corrected chi connectivity index (χ4v) is 2.31. The molecule has 1 saturated carbocycles. The molecule has 0 saturated heterocycles. The van der Waals surface area contributed by atoms with Crippen molar-refractivity contribution in [3.63, 3.8) is 0 Å². The van der Waals surface area contributed by atoms with E-state index in [1.807, 2.05) is 0 Å². The third-order valence-corrected chi connectivity index (χ3v) is 3.21. The van der Waals surface area contributed by atoms with Gasteiger partial charge in [0.05, 0.1) is 12.5 Å². The number of hydrogen-bond acceptors (Lipinski definition) is 2. The zero-order valence-corrected chi connectivity index (χ0v) is 9.25. The van der Waals surface area contributed by atoms with Crippen molar-refractivity contribution in [3.05, 3.63) is 0 Å². The number of ether oxygens (including phenoxy) is 1. The maximum Gasteiger partial charge on any atom is 0.303 e. The molecule has 3 nitrogen and oxygen atoms in total. The van der Waals surface area contributed by atoms with Gasteiger partial charge in [-0.05, 0) is 30.6 Å². The van der Waals surface area contributed by atoms with E-state index in [9.17, 15) is 4.79 Å². The summed E-state index contributed by atoms with van der Waals surface area (Å²) in [5.41, 5.74) is 0.301. The van der Waals surface area contributed by atoms with Gasteiger partial charge in [0.15, 0.2) is 0 Å². The Bertz CT molecular complexity index is 211. The Balaban J connectivity index is 2.57. The van der Waals surface area contributed by atoms with Crippen molar-refractivity contribution >= 4 is 5.97 Å². The second-order valence-electron chi connectivity index (χ2n) is 5.04. The van der Waals surface area contributed by atoms with Gasteiger partial charge in [-0.2, -0.15) is 0 Å². The molecule has 0 amide bonds. The predicted molar refractivity (Wildman–Crippen MR) is 54.2 cm³/mol. The third kappa shape index (κ3) is 2.98. The number of carboxylic acids is 1. The molecule has 3 heteroatoms.